The van der Waals surface area contributed by atoms with E-state index in [0.29, 0.717) is 10.7 Å². The quantitative estimate of drug-likeness (QED) is 0.604. The number of nitrogens with two attached hydrogens (primary N) is 1. The minimum absolute atomic E-state index is 0.00275. The average molecular weight is 388 g/mol. The van der Waals surface area contributed by atoms with Crippen molar-refractivity contribution in [2.24, 2.45) is 0 Å². The largest absolute Gasteiger partial charge is 0.452 e. The van der Waals surface area contributed by atoms with E-state index in [-0.39, 0.29) is 21.3 Å². The maximum atomic E-state index is 12.0. The zero-order valence-corrected chi connectivity index (χ0v) is 14.8. The second kappa shape index (κ2) is 7.75. The number of hydrogen-bond donors (Lipinski definition) is 2. The summed E-state index contributed by atoms with van der Waals surface area (Å²) < 4.78 is 4.94. The maximum Gasteiger partial charge on any atom is 0.340 e. The smallest absolute Gasteiger partial charge is 0.340 e. The first-order valence-electron chi connectivity index (χ1n) is 6.75. The van der Waals surface area contributed by atoms with Crippen LogP contribution in [0.2, 0.25) is 15.1 Å². The molecule has 3 N–H and O–H groups in total. The molecule has 0 heterocycles. The molecule has 0 saturated heterocycles. The Kier molecular flexibility index (Phi) is 5.94. The van der Waals surface area contributed by atoms with Crippen molar-refractivity contribution in [3.8, 4) is 0 Å². The van der Waals surface area contributed by atoms with E-state index in [2.05, 4.69) is 5.32 Å². The van der Waals surface area contributed by atoms with Gasteiger partial charge in [0.05, 0.1) is 16.3 Å². The third-order valence-corrected chi connectivity index (χ3v) is 3.88. The van der Waals surface area contributed by atoms with Crippen molar-refractivity contribution in [2.45, 2.75) is 6.92 Å². The highest BCUT2D eigenvalue weighted by Gasteiger charge is 2.16. The number of amides is 1. The van der Waals surface area contributed by atoms with Crippen LogP contribution in [-0.2, 0) is 9.53 Å². The first-order chi connectivity index (χ1) is 11.3. The van der Waals surface area contributed by atoms with Crippen molar-refractivity contribution in [1.82, 2.24) is 0 Å². The molecule has 2 aromatic rings. The van der Waals surface area contributed by atoms with E-state index in [1.807, 2.05) is 0 Å². The number of hydrogen-bond acceptors (Lipinski definition) is 4. The second-order valence-corrected chi connectivity index (χ2v) is 6.21. The number of ether oxygens (including phenoxy) is 1. The molecule has 0 fully saturated rings. The summed E-state index contributed by atoms with van der Waals surface area (Å²) >= 11 is 17.5. The van der Waals surface area contributed by atoms with Crippen LogP contribution in [0.4, 0.5) is 11.4 Å². The third kappa shape index (κ3) is 4.54. The highest BCUT2D eigenvalue weighted by atomic mass is 35.5. The molecule has 0 radical (unpaired) electrons. The molecule has 0 spiro atoms. The Balaban J connectivity index is 2.00. The number of nitrogens with one attached hydrogen (secondary N) is 1. The Morgan fingerprint density at radius 1 is 1.12 bits per heavy atom. The molecular weight excluding hydrogens is 375 g/mol. The Bertz CT molecular complexity index is 809. The van der Waals surface area contributed by atoms with E-state index in [9.17, 15) is 9.59 Å². The molecule has 0 aliphatic carbocycles. The SMILES string of the molecule is Cc1cc(Cl)ccc1NC(=O)COC(=O)c1cc(Cl)cc(Cl)c1N. The van der Waals surface area contributed by atoms with Gasteiger partial charge in [-0.15, -0.1) is 0 Å². The van der Waals surface area contributed by atoms with Gasteiger partial charge in [-0.1, -0.05) is 34.8 Å². The molecule has 0 bridgehead atoms. The van der Waals surface area contributed by atoms with Crippen LogP contribution in [0.15, 0.2) is 30.3 Å². The van der Waals surface area contributed by atoms with Crippen LogP contribution in [0.25, 0.3) is 0 Å². The van der Waals surface area contributed by atoms with Gasteiger partial charge in [0.15, 0.2) is 6.61 Å². The predicted octanol–water partition coefficient (Wildman–Crippen LogP) is 4.33. The van der Waals surface area contributed by atoms with Gasteiger partial charge in [-0.2, -0.15) is 0 Å². The molecule has 0 aliphatic heterocycles. The van der Waals surface area contributed by atoms with Gasteiger partial charge in [-0.05, 0) is 42.8 Å². The van der Waals surface area contributed by atoms with Gasteiger partial charge in [-0.3, -0.25) is 4.79 Å². The average Bonchev–Trinajstić information content (AvgIpc) is 2.51. The molecule has 2 rings (SSSR count). The topological polar surface area (TPSA) is 81.4 Å². The van der Waals surface area contributed by atoms with Crippen molar-refractivity contribution in [3.63, 3.8) is 0 Å². The number of benzene rings is 2. The number of halogens is 3. The second-order valence-electron chi connectivity index (χ2n) is 4.93. The van der Waals surface area contributed by atoms with Gasteiger partial charge < -0.3 is 15.8 Å². The standard InChI is InChI=1S/C16H13Cl3N2O3/c1-8-4-9(17)2-3-13(8)21-14(22)7-24-16(23)11-5-10(18)6-12(19)15(11)20/h2-6H,7,20H2,1H3,(H,21,22). The third-order valence-electron chi connectivity index (χ3n) is 3.11. The fourth-order valence-electron chi connectivity index (χ4n) is 1.92. The lowest BCUT2D eigenvalue weighted by atomic mass is 10.2. The van der Waals surface area contributed by atoms with Crippen LogP contribution in [0, 0.1) is 6.92 Å². The lowest BCUT2D eigenvalue weighted by Crippen LogP contribution is -2.21. The van der Waals surface area contributed by atoms with Crippen molar-refractivity contribution < 1.29 is 14.3 Å². The van der Waals surface area contributed by atoms with Crippen LogP contribution in [0.5, 0.6) is 0 Å². The van der Waals surface area contributed by atoms with Gasteiger partial charge in [0, 0.05) is 15.7 Å². The highest BCUT2D eigenvalue weighted by molar-refractivity contribution is 6.37. The number of anilines is 2. The van der Waals surface area contributed by atoms with E-state index in [4.69, 9.17) is 45.3 Å². The van der Waals surface area contributed by atoms with Crippen molar-refractivity contribution >= 4 is 58.1 Å². The lowest BCUT2D eigenvalue weighted by Gasteiger charge is -2.10. The molecule has 0 unspecified atom stereocenters. The van der Waals surface area contributed by atoms with E-state index in [1.54, 1.807) is 25.1 Å². The van der Waals surface area contributed by atoms with Crippen molar-refractivity contribution in [2.75, 3.05) is 17.7 Å². The normalized spacial score (nSPS) is 10.3. The summed E-state index contributed by atoms with van der Waals surface area (Å²) in [4.78, 5) is 23.9. The van der Waals surface area contributed by atoms with Gasteiger partial charge in [0.25, 0.3) is 5.91 Å². The predicted molar refractivity (Wildman–Crippen MR) is 96.0 cm³/mol. The van der Waals surface area contributed by atoms with Crippen LogP contribution >= 0.6 is 34.8 Å². The monoisotopic (exact) mass is 386 g/mol. The Labute approximate surface area is 153 Å². The van der Waals surface area contributed by atoms with Crippen molar-refractivity contribution in [3.05, 3.63) is 56.5 Å². The number of aryl methyl sites for hydroxylation is 1. The van der Waals surface area contributed by atoms with Gasteiger partial charge >= 0.3 is 5.97 Å². The van der Waals surface area contributed by atoms with Crippen LogP contribution in [0.1, 0.15) is 15.9 Å². The summed E-state index contributed by atoms with van der Waals surface area (Å²) in [5.74, 6) is -1.29. The van der Waals surface area contributed by atoms with E-state index in [1.165, 1.54) is 12.1 Å². The Morgan fingerprint density at radius 2 is 1.83 bits per heavy atom. The minimum Gasteiger partial charge on any atom is -0.452 e. The lowest BCUT2D eigenvalue weighted by molar-refractivity contribution is -0.119. The molecule has 0 aliphatic rings. The highest BCUT2D eigenvalue weighted by Crippen LogP contribution is 2.28. The summed E-state index contributed by atoms with van der Waals surface area (Å²) in [5, 5.41) is 3.56. The Hall–Kier alpha value is -1.95. The van der Waals surface area contributed by atoms with Crippen LogP contribution in [-0.4, -0.2) is 18.5 Å². The fraction of sp³-hybridized carbons (Fsp3) is 0.125. The van der Waals surface area contributed by atoms with E-state index >= 15 is 0 Å². The summed E-state index contributed by atoms with van der Waals surface area (Å²) in [6.45, 7) is 1.31. The van der Waals surface area contributed by atoms with Crippen LogP contribution < -0.4 is 11.1 Å². The molecule has 0 atom stereocenters. The summed E-state index contributed by atoms with van der Waals surface area (Å²) in [6, 6.07) is 7.74. The molecule has 5 nitrogen and oxygen atoms in total. The van der Waals surface area contributed by atoms with Gasteiger partial charge in [0.1, 0.15) is 0 Å². The molecule has 126 valence electrons. The number of rotatable bonds is 4. The summed E-state index contributed by atoms with van der Waals surface area (Å²) in [5.41, 5.74) is 7.12. The minimum atomic E-state index is -0.792. The molecule has 24 heavy (non-hydrogen) atoms. The molecule has 0 aromatic heterocycles. The first-order valence-corrected chi connectivity index (χ1v) is 7.89. The molecule has 2 aromatic carbocycles. The van der Waals surface area contributed by atoms with Gasteiger partial charge in [-0.25, -0.2) is 4.79 Å². The maximum absolute atomic E-state index is 12.0. The molecule has 8 heteroatoms. The zero-order valence-electron chi connectivity index (χ0n) is 12.5. The number of carbonyl (C=O) groups is 2. The number of esters is 1. The molecule has 1 amide bonds. The Morgan fingerprint density at radius 3 is 2.50 bits per heavy atom. The first kappa shape index (κ1) is 18.4. The van der Waals surface area contributed by atoms with E-state index in [0.717, 1.165) is 5.56 Å². The molecular formula is C16H13Cl3N2O3. The molecule has 0 saturated carbocycles. The van der Waals surface area contributed by atoms with Crippen LogP contribution in [0.3, 0.4) is 0 Å². The zero-order chi connectivity index (χ0) is 17.9. The van der Waals surface area contributed by atoms with Crippen molar-refractivity contribution in [1.29, 1.82) is 0 Å². The number of carbonyl (C=O) groups excluding carboxylic acids is 2. The van der Waals surface area contributed by atoms with Gasteiger partial charge in [0.2, 0.25) is 0 Å². The summed E-state index contributed by atoms with van der Waals surface area (Å²) in [6.07, 6.45) is 0. The van der Waals surface area contributed by atoms with E-state index < -0.39 is 18.5 Å². The summed E-state index contributed by atoms with van der Waals surface area (Å²) in [7, 11) is 0. The fourth-order valence-corrected chi connectivity index (χ4v) is 2.64. The number of nitrogen functional groups attached to an aromatic ring is 1.